The lowest BCUT2D eigenvalue weighted by Crippen LogP contribution is -2.35. The van der Waals surface area contributed by atoms with Crippen molar-refractivity contribution < 1.29 is 8.42 Å². The first-order valence-electron chi connectivity index (χ1n) is 11.2. The lowest BCUT2D eigenvalue weighted by atomic mass is 10.0. The molecule has 3 aromatic rings. The molecule has 1 aliphatic rings. The van der Waals surface area contributed by atoms with Gasteiger partial charge in [-0.1, -0.05) is 60.1 Å². The topological polar surface area (TPSA) is 66.4 Å². The molecule has 1 aliphatic heterocycles. The van der Waals surface area contributed by atoms with Crippen LogP contribution in [-0.4, -0.2) is 48.9 Å². The van der Waals surface area contributed by atoms with Crippen LogP contribution in [0.25, 0.3) is 11.4 Å². The first-order chi connectivity index (χ1) is 15.8. The summed E-state index contributed by atoms with van der Waals surface area (Å²) in [6.07, 6.45) is 0.733. The highest BCUT2D eigenvalue weighted by molar-refractivity contribution is 9.10. The van der Waals surface area contributed by atoms with Crippen LogP contribution in [0.4, 0.5) is 5.82 Å². The second kappa shape index (κ2) is 9.91. The first kappa shape index (κ1) is 23.9. The van der Waals surface area contributed by atoms with E-state index in [1.54, 1.807) is 28.6 Å². The number of aromatic nitrogens is 2. The van der Waals surface area contributed by atoms with E-state index < -0.39 is 10.0 Å². The lowest BCUT2D eigenvalue weighted by molar-refractivity contribution is 0.433. The van der Waals surface area contributed by atoms with E-state index in [2.05, 4.69) is 34.7 Å². The van der Waals surface area contributed by atoms with Crippen molar-refractivity contribution in [2.45, 2.75) is 38.0 Å². The van der Waals surface area contributed by atoms with Gasteiger partial charge >= 0.3 is 0 Å². The standard InChI is InChI=1S/C25H29BrN4O2S/c1-18(2)23-19(3)27-24(20-8-5-4-6-9-20)28-25(23)29-14-7-15-30(17-16-29)33(31,32)22-12-10-21(26)11-13-22/h4-6,8-13,18H,7,14-17H2,1-3H3. The molecule has 0 N–H and O–H groups in total. The number of rotatable bonds is 5. The molecule has 2 aromatic carbocycles. The summed E-state index contributed by atoms with van der Waals surface area (Å²) >= 11 is 3.37. The van der Waals surface area contributed by atoms with Crippen molar-refractivity contribution in [2.75, 3.05) is 31.1 Å². The Morgan fingerprint density at radius 3 is 2.27 bits per heavy atom. The van der Waals surface area contributed by atoms with Crippen LogP contribution in [0.15, 0.2) is 64.0 Å². The molecule has 0 atom stereocenters. The molecule has 33 heavy (non-hydrogen) atoms. The molecule has 2 heterocycles. The SMILES string of the molecule is Cc1nc(-c2ccccc2)nc(N2CCCN(S(=O)(=O)c3ccc(Br)cc3)CC2)c1C(C)C. The first-order valence-corrected chi connectivity index (χ1v) is 13.5. The van der Waals surface area contributed by atoms with E-state index in [0.717, 1.165) is 40.1 Å². The zero-order valence-corrected chi connectivity index (χ0v) is 21.6. The molecule has 4 rings (SSSR count). The summed E-state index contributed by atoms with van der Waals surface area (Å²) in [5.74, 6) is 1.88. The number of sulfonamides is 1. The number of anilines is 1. The third kappa shape index (κ3) is 5.13. The van der Waals surface area contributed by atoms with E-state index in [0.29, 0.717) is 30.4 Å². The third-order valence-corrected chi connectivity index (χ3v) is 8.37. The molecular weight excluding hydrogens is 500 g/mol. The molecule has 0 radical (unpaired) electrons. The van der Waals surface area contributed by atoms with Gasteiger partial charge in [0.15, 0.2) is 5.82 Å². The largest absolute Gasteiger partial charge is 0.355 e. The predicted molar refractivity (Wildman–Crippen MR) is 136 cm³/mol. The fourth-order valence-electron chi connectivity index (χ4n) is 4.30. The maximum Gasteiger partial charge on any atom is 0.243 e. The van der Waals surface area contributed by atoms with Gasteiger partial charge in [0, 0.05) is 47.5 Å². The van der Waals surface area contributed by atoms with Crippen molar-refractivity contribution in [1.82, 2.24) is 14.3 Å². The van der Waals surface area contributed by atoms with Gasteiger partial charge in [-0.2, -0.15) is 4.31 Å². The number of hydrogen-bond donors (Lipinski definition) is 0. The summed E-state index contributed by atoms with van der Waals surface area (Å²) in [6, 6.07) is 16.8. The molecular formula is C25H29BrN4O2S. The molecule has 0 bridgehead atoms. The maximum absolute atomic E-state index is 13.2. The monoisotopic (exact) mass is 528 g/mol. The van der Waals surface area contributed by atoms with E-state index in [9.17, 15) is 8.42 Å². The summed E-state index contributed by atoms with van der Waals surface area (Å²) in [5, 5.41) is 0. The quantitative estimate of drug-likeness (QED) is 0.453. The molecule has 6 nitrogen and oxygen atoms in total. The smallest absolute Gasteiger partial charge is 0.243 e. The average molecular weight is 530 g/mol. The van der Waals surface area contributed by atoms with Crippen molar-refractivity contribution in [3.8, 4) is 11.4 Å². The molecule has 1 aromatic heterocycles. The normalized spacial score (nSPS) is 15.6. The fourth-order valence-corrected chi connectivity index (χ4v) is 6.04. The minimum Gasteiger partial charge on any atom is -0.355 e. The Bertz CT molecular complexity index is 1220. The lowest BCUT2D eigenvalue weighted by Gasteiger charge is -2.27. The minimum absolute atomic E-state index is 0.260. The summed E-state index contributed by atoms with van der Waals surface area (Å²) in [4.78, 5) is 12.3. The van der Waals surface area contributed by atoms with Crippen LogP contribution >= 0.6 is 15.9 Å². The maximum atomic E-state index is 13.2. The van der Waals surface area contributed by atoms with Gasteiger partial charge in [0.25, 0.3) is 0 Å². The Kier molecular flexibility index (Phi) is 7.16. The van der Waals surface area contributed by atoms with E-state index in [4.69, 9.17) is 9.97 Å². The highest BCUT2D eigenvalue weighted by Gasteiger charge is 2.29. The molecule has 0 saturated carbocycles. The summed E-state index contributed by atoms with van der Waals surface area (Å²) in [7, 11) is -3.54. The Labute approximate surface area is 204 Å². The van der Waals surface area contributed by atoms with Crippen molar-refractivity contribution >= 4 is 31.8 Å². The minimum atomic E-state index is -3.54. The fraction of sp³-hybridized carbons (Fsp3) is 0.360. The van der Waals surface area contributed by atoms with Gasteiger partial charge in [0.05, 0.1) is 4.90 Å². The Hall–Kier alpha value is -2.29. The molecule has 0 aliphatic carbocycles. The number of nitrogens with zero attached hydrogens (tertiary/aromatic N) is 4. The molecule has 1 fully saturated rings. The van der Waals surface area contributed by atoms with Gasteiger partial charge in [0.2, 0.25) is 10.0 Å². The van der Waals surface area contributed by atoms with Crippen LogP contribution < -0.4 is 4.90 Å². The zero-order chi connectivity index (χ0) is 23.6. The van der Waals surface area contributed by atoms with Crippen molar-refractivity contribution in [2.24, 2.45) is 0 Å². The summed E-state index contributed by atoms with van der Waals surface area (Å²) in [5.41, 5.74) is 3.07. The number of hydrogen-bond acceptors (Lipinski definition) is 5. The Morgan fingerprint density at radius 1 is 0.909 bits per heavy atom. The molecule has 8 heteroatoms. The van der Waals surface area contributed by atoms with Crippen LogP contribution in [0.2, 0.25) is 0 Å². The second-order valence-electron chi connectivity index (χ2n) is 8.59. The van der Waals surface area contributed by atoms with Crippen molar-refractivity contribution in [3.05, 3.63) is 70.3 Å². The second-order valence-corrected chi connectivity index (χ2v) is 11.4. The van der Waals surface area contributed by atoms with Crippen molar-refractivity contribution in [3.63, 3.8) is 0 Å². The van der Waals surface area contributed by atoms with Crippen LogP contribution in [-0.2, 0) is 10.0 Å². The van der Waals surface area contributed by atoms with Crippen LogP contribution in [0.3, 0.4) is 0 Å². The molecule has 1 saturated heterocycles. The summed E-state index contributed by atoms with van der Waals surface area (Å²) in [6.45, 7) is 8.58. The van der Waals surface area contributed by atoms with Crippen LogP contribution in [0, 0.1) is 6.92 Å². The summed E-state index contributed by atoms with van der Waals surface area (Å²) < 4.78 is 28.9. The van der Waals surface area contributed by atoms with E-state index in [-0.39, 0.29) is 5.92 Å². The number of aryl methyl sites for hydroxylation is 1. The molecule has 0 amide bonds. The zero-order valence-electron chi connectivity index (χ0n) is 19.2. The van der Waals surface area contributed by atoms with Crippen LogP contribution in [0.5, 0.6) is 0 Å². The Morgan fingerprint density at radius 2 is 1.61 bits per heavy atom. The van der Waals surface area contributed by atoms with Crippen LogP contribution in [0.1, 0.15) is 37.4 Å². The van der Waals surface area contributed by atoms with E-state index in [1.807, 2.05) is 37.3 Å². The van der Waals surface area contributed by atoms with Gasteiger partial charge in [-0.15, -0.1) is 0 Å². The molecule has 0 spiro atoms. The number of halogens is 1. The number of benzene rings is 2. The predicted octanol–water partition coefficient (Wildman–Crippen LogP) is 5.24. The van der Waals surface area contributed by atoms with E-state index >= 15 is 0 Å². The van der Waals surface area contributed by atoms with Gasteiger partial charge in [0.1, 0.15) is 5.82 Å². The molecule has 0 unspecified atom stereocenters. The molecule has 174 valence electrons. The van der Waals surface area contributed by atoms with Gasteiger partial charge in [-0.05, 0) is 43.5 Å². The highest BCUT2D eigenvalue weighted by atomic mass is 79.9. The van der Waals surface area contributed by atoms with Gasteiger partial charge in [-0.25, -0.2) is 18.4 Å². The highest BCUT2D eigenvalue weighted by Crippen LogP contribution is 2.32. The Balaban J connectivity index is 1.65. The van der Waals surface area contributed by atoms with Crippen molar-refractivity contribution in [1.29, 1.82) is 0 Å². The van der Waals surface area contributed by atoms with E-state index in [1.165, 1.54) is 0 Å². The average Bonchev–Trinajstić information content (AvgIpc) is 3.06. The van der Waals surface area contributed by atoms with Gasteiger partial charge in [-0.3, -0.25) is 0 Å². The third-order valence-electron chi connectivity index (χ3n) is 5.93. The van der Waals surface area contributed by atoms with Gasteiger partial charge < -0.3 is 4.90 Å².